The number of nitrogens with one attached hydrogen (secondary N) is 1. The van der Waals surface area contributed by atoms with E-state index in [1.165, 1.54) is 0 Å². The number of hydrogen-bond donors (Lipinski definition) is 2. The van der Waals surface area contributed by atoms with E-state index in [1.54, 1.807) is 18.6 Å². The van der Waals surface area contributed by atoms with Crippen LogP contribution in [0.5, 0.6) is 5.75 Å². The van der Waals surface area contributed by atoms with Crippen LogP contribution in [-0.4, -0.2) is 15.1 Å². The van der Waals surface area contributed by atoms with Crippen LogP contribution in [0.15, 0.2) is 30.7 Å². The quantitative estimate of drug-likeness (QED) is 0.800. The SMILES string of the molecule is CC(C)(C)c1cc(Nc2cnccn2)cc(C(C)(C)C)c1O. The fourth-order valence-corrected chi connectivity index (χ4v) is 2.36. The number of rotatable bonds is 2. The molecule has 22 heavy (non-hydrogen) atoms. The number of nitrogens with zero attached hydrogens (tertiary/aromatic N) is 2. The van der Waals surface area contributed by atoms with E-state index in [0.29, 0.717) is 11.6 Å². The van der Waals surface area contributed by atoms with Crippen LogP contribution >= 0.6 is 0 Å². The second kappa shape index (κ2) is 5.59. The minimum Gasteiger partial charge on any atom is -0.507 e. The normalized spacial score (nSPS) is 12.3. The van der Waals surface area contributed by atoms with Crippen molar-refractivity contribution in [1.29, 1.82) is 0 Å². The van der Waals surface area contributed by atoms with E-state index in [0.717, 1.165) is 16.8 Å². The zero-order chi connectivity index (χ0) is 16.5. The van der Waals surface area contributed by atoms with Crippen LogP contribution in [0.2, 0.25) is 0 Å². The van der Waals surface area contributed by atoms with Crippen molar-refractivity contribution in [2.45, 2.75) is 52.4 Å². The molecule has 0 spiro atoms. The Bertz CT molecular complexity index is 617. The van der Waals surface area contributed by atoms with Crippen molar-refractivity contribution in [2.24, 2.45) is 0 Å². The summed E-state index contributed by atoms with van der Waals surface area (Å²) >= 11 is 0. The number of phenols is 1. The van der Waals surface area contributed by atoms with E-state index in [2.05, 4.69) is 56.8 Å². The molecule has 0 atom stereocenters. The molecule has 4 nitrogen and oxygen atoms in total. The van der Waals surface area contributed by atoms with Gasteiger partial charge in [0.2, 0.25) is 0 Å². The molecule has 0 radical (unpaired) electrons. The van der Waals surface area contributed by atoms with Crippen molar-refractivity contribution in [2.75, 3.05) is 5.32 Å². The Balaban J connectivity index is 2.56. The van der Waals surface area contributed by atoms with Crippen molar-refractivity contribution in [3.63, 3.8) is 0 Å². The van der Waals surface area contributed by atoms with Crippen LogP contribution in [0, 0.1) is 0 Å². The van der Waals surface area contributed by atoms with Gasteiger partial charge in [-0.05, 0) is 23.0 Å². The van der Waals surface area contributed by atoms with E-state index >= 15 is 0 Å². The Kier molecular flexibility index (Phi) is 4.14. The Labute approximate surface area is 132 Å². The molecule has 0 unspecified atom stereocenters. The fraction of sp³-hybridized carbons (Fsp3) is 0.444. The van der Waals surface area contributed by atoms with Gasteiger partial charge in [0.15, 0.2) is 0 Å². The maximum Gasteiger partial charge on any atom is 0.148 e. The standard InChI is InChI=1S/C18H25N3O/c1-17(2,3)13-9-12(21-15-11-19-7-8-20-15)10-14(16(13)22)18(4,5)6/h7-11,22H,1-6H3,(H,20,21). The number of anilines is 2. The van der Waals surface area contributed by atoms with Gasteiger partial charge in [-0.3, -0.25) is 4.98 Å². The third-order valence-corrected chi connectivity index (χ3v) is 3.56. The molecule has 0 bridgehead atoms. The third-order valence-electron chi connectivity index (χ3n) is 3.56. The molecule has 2 aromatic rings. The van der Waals surface area contributed by atoms with Crippen molar-refractivity contribution >= 4 is 11.5 Å². The van der Waals surface area contributed by atoms with Gasteiger partial charge in [-0.2, -0.15) is 0 Å². The highest BCUT2D eigenvalue weighted by Crippen LogP contribution is 2.41. The molecule has 1 heterocycles. The van der Waals surface area contributed by atoms with Crippen molar-refractivity contribution < 1.29 is 5.11 Å². The summed E-state index contributed by atoms with van der Waals surface area (Å²) in [6.45, 7) is 12.6. The smallest absolute Gasteiger partial charge is 0.148 e. The summed E-state index contributed by atoms with van der Waals surface area (Å²) in [5.41, 5.74) is 2.46. The Morgan fingerprint density at radius 3 is 1.86 bits per heavy atom. The number of aromatic hydroxyl groups is 1. The Morgan fingerprint density at radius 1 is 0.909 bits per heavy atom. The number of benzene rings is 1. The first-order chi connectivity index (χ1) is 10.1. The molecule has 2 N–H and O–H groups in total. The lowest BCUT2D eigenvalue weighted by Gasteiger charge is -2.28. The molecule has 0 fully saturated rings. The molecule has 1 aromatic heterocycles. The first-order valence-electron chi connectivity index (χ1n) is 7.50. The van der Waals surface area contributed by atoms with Crippen molar-refractivity contribution in [1.82, 2.24) is 9.97 Å². The molecular formula is C18H25N3O. The molecule has 118 valence electrons. The van der Waals surface area contributed by atoms with Crippen LogP contribution in [0.1, 0.15) is 52.7 Å². The van der Waals surface area contributed by atoms with Crippen molar-refractivity contribution in [3.05, 3.63) is 41.9 Å². The molecule has 2 rings (SSSR count). The lowest BCUT2D eigenvalue weighted by Crippen LogP contribution is -2.17. The zero-order valence-corrected chi connectivity index (χ0v) is 14.2. The van der Waals surface area contributed by atoms with Gasteiger partial charge in [0.05, 0.1) is 6.20 Å². The van der Waals surface area contributed by atoms with E-state index in [-0.39, 0.29) is 10.8 Å². The van der Waals surface area contributed by atoms with E-state index in [4.69, 9.17) is 0 Å². The predicted molar refractivity (Wildman–Crippen MR) is 90.8 cm³/mol. The van der Waals surface area contributed by atoms with Gasteiger partial charge in [-0.25, -0.2) is 4.98 Å². The molecule has 0 aliphatic heterocycles. The highest BCUT2D eigenvalue weighted by Gasteiger charge is 2.26. The van der Waals surface area contributed by atoms with Gasteiger partial charge in [0, 0.05) is 29.2 Å². The third kappa shape index (κ3) is 3.56. The number of hydrogen-bond acceptors (Lipinski definition) is 4. The van der Waals surface area contributed by atoms with Gasteiger partial charge in [0.25, 0.3) is 0 Å². The predicted octanol–water partition coefficient (Wildman–Crippen LogP) is 4.52. The first-order valence-corrected chi connectivity index (χ1v) is 7.50. The molecule has 0 aliphatic carbocycles. The summed E-state index contributed by atoms with van der Waals surface area (Å²) in [7, 11) is 0. The van der Waals surface area contributed by atoms with Gasteiger partial charge < -0.3 is 10.4 Å². The van der Waals surface area contributed by atoms with E-state index in [9.17, 15) is 5.11 Å². The second-order valence-corrected chi connectivity index (χ2v) is 7.64. The maximum atomic E-state index is 10.7. The van der Waals surface area contributed by atoms with Crippen LogP contribution in [0.4, 0.5) is 11.5 Å². The fourth-order valence-electron chi connectivity index (χ4n) is 2.36. The maximum absolute atomic E-state index is 10.7. The van der Waals surface area contributed by atoms with Crippen LogP contribution in [0.25, 0.3) is 0 Å². The Morgan fingerprint density at radius 2 is 1.45 bits per heavy atom. The molecule has 4 heteroatoms. The summed E-state index contributed by atoms with van der Waals surface area (Å²) < 4.78 is 0. The lowest BCUT2D eigenvalue weighted by molar-refractivity contribution is 0.423. The summed E-state index contributed by atoms with van der Waals surface area (Å²) in [6, 6.07) is 3.97. The largest absolute Gasteiger partial charge is 0.507 e. The van der Waals surface area contributed by atoms with E-state index < -0.39 is 0 Å². The topological polar surface area (TPSA) is 58.0 Å². The van der Waals surface area contributed by atoms with E-state index in [1.807, 2.05) is 12.1 Å². The van der Waals surface area contributed by atoms with Crippen molar-refractivity contribution in [3.8, 4) is 5.75 Å². The monoisotopic (exact) mass is 299 g/mol. The highest BCUT2D eigenvalue weighted by molar-refractivity contribution is 5.63. The average molecular weight is 299 g/mol. The van der Waals surface area contributed by atoms with Crippen LogP contribution < -0.4 is 5.32 Å². The van der Waals surface area contributed by atoms with Crippen LogP contribution in [-0.2, 0) is 10.8 Å². The highest BCUT2D eigenvalue weighted by atomic mass is 16.3. The zero-order valence-electron chi connectivity index (χ0n) is 14.2. The minimum absolute atomic E-state index is 0.149. The molecule has 0 saturated carbocycles. The van der Waals surface area contributed by atoms with Crippen LogP contribution in [0.3, 0.4) is 0 Å². The van der Waals surface area contributed by atoms with Gasteiger partial charge in [-0.1, -0.05) is 41.5 Å². The van der Waals surface area contributed by atoms with Gasteiger partial charge in [-0.15, -0.1) is 0 Å². The lowest BCUT2D eigenvalue weighted by atomic mass is 9.79. The molecule has 1 aromatic carbocycles. The molecule has 0 amide bonds. The van der Waals surface area contributed by atoms with Gasteiger partial charge in [0.1, 0.15) is 11.6 Å². The first kappa shape index (κ1) is 16.3. The number of phenolic OH excluding ortho intramolecular Hbond substituents is 1. The summed E-state index contributed by atoms with van der Waals surface area (Å²) in [5, 5.41) is 14.0. The average Bonchev–Trinajstić information content (AvgIpc) is 2.39. The summed E-state index contributed by atoms with van der Waals surface area (Å²) in [4.78, 5) is 8.31. The minimum atomic E-state index is -0.149. The van der Waals surface area contributed by atoms with Gasteiger partial charge >= 0.3 is 0 Å². The Hall–Kier alpha value is -2.10. The second-order valence-electron chi connectivity index (χ2n) is 7.64. The summed E-state index contributed by atoms with van der Waals surface area (Å²) in [6.07, 6.45) is 4.97. The molecule has 0 aliphatic rings. The molecular weight excluding hydrogens is 274 g/mol. The summed E-state index contributed by atoms with van der Waals surface area (Å²) in [5.74, 6) is 1.07. The molecule has 0 saturated heterocycles. The number of aromatic nitrogens is 2.